The Kier molecular flexibility index (Phi) is 5.34. The Hall–Kier alpha value is -3.87. The first kappa shape index (κ1) is 19.4. The maximum Gasteiger partial charge on any atom is 0.259 e. The summed E-state index contributed by atoms with van der Waals surface area (Å²) >= 11 is 0. The van der Waals surface area contributed by atoms with Gasteiger partial charge in [-0.05, 0) is 42.8 Å². The molecule has 2 heterocycles. The molecule has 0 radical (unpaired) electrons. The zero-order chi connectivity index (χ0) is 21.1. The van der Waals surface area contributed by atoms with Gasteiger partial charge in [-0.2, -0.15) is 0 Å². The van der Waals surface area contributed by atoms with Gasteiger partial charge in [0, 0.05) is 6.07 Å². The summed E-state index contributed by atoms with van der Waals surface area (Å²) in [6.45, 7) is 3.95. The van der Waals surface area contributed by atoms with E-state index in [4.69, 9.17) is 14.0 Å². The van der Waals surface area contributed by atoms with Crippen molar-refractivity contribution >= 4 is 22.4 Å². The van der Waals surface area contributed by atoms with Gasteiger partial charge >= 0.3 is 0 Å². The highest BCUT2D eigenvalue weighted by Gasteiger charge is 2.17. The molecule has 0 aliphatic carbocycles. The smallest absolute Gasteiger partial charge is 0.259 e. The molecule has 0 fully saturated rings. The van der Waals surface area contributed by atoms with E-state index in [-0.39, 0.29) is 12.5 Å². The highest BCUT2D eigenvalue weighted by molar-refractivity contribution is 6.08. The highest BCUT2D eigenvalue weighted by atomic mass is 16.5. The van der Waals surface area contributed by atoms with Gasteiger partial charge in [0.1, 0.15) is 18.1 Å². The van der Waals surface area contributed by atoms with Gasteiger partial charge in [0.15, 0.2) is 0 Å². The molecule has 1 N–H and O–H groups in total. The number of hydrogen-bond donors (Lipinski definition) is 1. The summed E-state index contributed by atoms with van der Waals surface area (Å²) in [5.74, 6) is 1.36. The average Bonchev–Trinajstić information content (AvgIpc) is 3.09. The predicted octanol–water partition coefficient (Wildman–Crippen LogP) is 4.68. The fourth-order valence-electron chi connectivity index (χ4n) is 3.15. The molecule has 0 saturated carbocycles. The zero-order valence-corrected chi connectivity index (χ0v) is 16.9. The third-order valence-electron chi connectivity index (χ3n) is 4.85. The summed E-state index contributed by atoms with van der Waals surface area (Å²) < 4.78 is 16.3. The fraction of sp³-hybridized carbons (Fsp3) is 0.174. The fourth-order valence-corrected chi connectivity index (χ4v) is 3.15. The van der Waals surface area contributed by atoms with Crippen molar-refractivity contribution in [1.82, 2.24) is 10.1 Å². The molecule has 0 aliphatic heterocycles. The Morgan fingerprint density at radius 1 is 1.10 bits per heavy atom. The first-order chi connectivity index (χ1) is 14.5. The van der Waals surface area contributed by atoms with Gasteiger partial charge in [0.25, 0.3) is 5.91 Å². The molecule has 30 heavy (non-hydrogen) atoms. The van der Waals surface area contributed by atoms with E-state index in [1.54, 1.807) is 18.3 Å². The van der Waals surface area contributed by atoms with Crippen LogP contribution in [0.2, 0.25) is 0 Å². The molecule has 0 spiro atoms. The Morgan fingerprint density at radius 3 is 2.50 bits per heavy atom. The quantitative estimate of drug-likeness (QED) is 0.503. The third-order valence-corrected chi connectivity index (χ3v) is 4.85. The third kappa shape index (κ3) is 3.96. The normalized spacial score (nSPS) is 10.8. The number of aryl methyl sites for hydroxylation is 2. The van der Waals surface area contributed by atoms with E-state index in [9.17, 15) is 4.79 Å². The largest absolute Gasteiger partial charge is 0.488 e. The summed E-state index contributed by atoms with van der Waals surface area (Å²) in [5, 5.41) is 8.74. The molecule has 0 unspecified atom stereocenters. The van der Waals surface area contributed by atoms with Crippen LogP contribution in [0.3, 0.4) is 0 Å². The second-order valence-electron chi connectivity index (χ2n) is 6.83. The SMILES string of the molecule is COc1ccc(NC(=O)c2cc3ccccc3cc2OCc2c(C)noc2C)cn1. The van der Waals surface area contributed by atoms with Gasteiger partial charge < -0.3 is 19.3 Å². The number of hydrogen-bond acceptors (Lipinski definition) is 6. The van der Waals surface area contributed by atoms with E-state index in [1.165, 1.54) is 7.11 Å². The molecule has 7 nitrogen and oxygen atoms in total. The molecule has 0 aliphatic rings. The molecule has 2 aromatic carbocycles. The van der Waals surface area contributed by atoms with Crippen LogP contribution in [0.15, 0.2) is 59.3 Å². The summed E-state index contributed by atoms with van der Waals surface area (Å²) in [7, 11) is 1.54. The van der Waals surface area contributed by atoms with Gasteiger partial charge in [0.2, 0.25) is 5.88 Å². The van der Waals surface area contributed by atoms with E-state index in [2.05, 4.69) is 15.5 Å². The molecule has 152 valence electrons. The van der Waals surface area contributed by atoms with E-state index in [0.717, 1.165) is 22.0 Å². The van der Waals surface area contributed by atoms with E-state index < -0.39 is 0 Å². The second kappa shape index (κ2) is 8.24. The van der Waals surface area contributed by atoms with E-state index in [0.29, 0.717) is 28.6 Å². The standard InChI is InChI=1S/C23H21N3O4/c1-14-20(15(2)30-26-14)13-29-21-11-17-7-5-4-6-16(17)10-19(21)23(27)25-18-8-9-22(28-3)24-12-18/h4-12H,13H2,1-3H3,(H,25,27). The monoisotopic (exact) mass is 403 g/mol. The number of anilines is 1. The first-order valence-corrected chi connectivity index (χ1v) is 9.44. The van der Waals surface area contributed by atoms with Crippen molar-refractivity contribution in [2.75, 3.05) is 12.4 Å². The number of fused-ring (bicyclic) bond motifs is 1. The number of carbonyl (C=O) groups is 1. The van der Waals surface area contributed by atoms with Gasteiger partial charge in [-0.1, -0.05) is 29.4 Å². The molecular weight excluding hydrogens is 382 g/mol. The Bertz CT molecular complexity index is 1180. The summed E-state index contributed by atoms with van der Waals surface area (Å²) in [6.07, 6.45) is 1.54. The lowest BCUT2D eigenvalue weighted by atomic mass is 10.0. The lowest BCUT2D eigenvalue weighted by Gasteiger charge is -2.13. The Labute approximate surface area is 173 Å². The summed E-state index contributed by atoms with van der Waals surface area (Å²) in [4.78, 5) is 17.2. The summed E-state index contributed by atoms with van der Waals surface area (Å²) in [6, 6.07) is 14.9. The number of benzene rings is 2. The molecule has 0 atom stereocenters. The van der Waals surface area contributed by atoms with Gasteiger partial charge in [-0.3, -0.25) is 4.79 Å². The van der Waals surface area contributed by atoms with E-state index in [1.807, 2.05) is 50.2 Å². The number of nitrogens with zero attached hydrogens (tertiary/aromatic N) is 2. The van der Waals surface area contributed by atoms with Crippen LogP contribution in [0.1, 0.15) is 27.4 Å². The lowest BCUT2D eigenvalue weighted by Crippen LogP contribution is -2.14. The topological polar surface area (TPSA) is 86.5 Å². The van der Waals surface area contributed by atoms with Crippen molar-refractivity contribution < 1.29 is 18.8 Å². The molecule has 1 amide bonds. The van der Waals surface area contributed by atoms with Crippen molar-refractivity contribution in [3.8, 4) is 11.6 Å². The van der Waals surface area contributed by atoms with Crippen molar-refractivity contribution in [1.29, 1.82) is 0 Å². The highest BCUT2D eigenvalue weighted by Crippen LogP contribution is 2.28. The average molecular weight is 403 g/mol. The number of rotatable bonds is 6. The zero-order valence-electron chi connectivity index (χ0n) is 16.9. The summed E-state index contributed by atoms with van der Waals surface area (Å²) in [5.41, 5.74) is 2.62. The van der Waals surface area contributed by atoms with Crippen LogP contribution in [-0.4, -0.2) is 23.2 Å². The van der Waals surface area contributed by atoms with E-state index >= 15 is 0 Å². The van der Waals surface area contributed by atoms with Crippen LogP contribution in [0, 0.1) is 13.8 Å². The van der Waals surface area contributed by atoms with Crippen LogP contribution in [-0.2, 0) is 6.61 Å². The number of carbonyl (C=O) groups excluding carboxylic acids is 1. The van der Waals surface area contributed by atoms with Gasteiger partial charge in [-0.15, -0.1) is 0 Å². The van der Waals surface area contributed by atoms with Crippen LogP contribution >= 0.6 is 0 Å². The minimum absolute atomic E-state index is 0.254. The number of ether oxygens (including phenoxy) is 2. The number of amides is 1. The van der Waals surface area contributed by atoms with Crippen LogP contribution in [0.5, 0.6) is 11.6 Å². The Morgan fingerprint density at radius 2 is 1.87 bits per heavy atom. The van der Waals surface area contributed by atoms with Crippen molar-refractivity contribution in [2.45, 2.75) is 20.5 Å². The van der Waals surface area contributed by atoms with Crippen LogP contribution in [0.25, 0.3) is 10.8 Å². The number of aromatic nitrogens is 2. The van der Waals surface area contributed by atoms with Crippen molar-refractivity contribution in [3.05, 3.63) is 77.3 Å². The molecule has 0 bridgehead atoms. The Balaban J connectivity index is 1.65. The second-order valence-corrected chi connectivity index (χ2v) is 6.83. The van der Waals surface area contributed by atoms with Crippen molar-refractivity contribution in [2.24, 2.45) is 0 Å². The maximum absolute atomic E-state index is 13.0. The maximum atomic E-state index is 13.0. The van der Waals surface area contributed by atoms with Gasteiger partial charge in [0.05, 0.1) is 35.8 Å². The lowest BCUT2D eigenvalue weighted by molar-refractivity contribution is 0.102. The molecular formula is C23H21N3O4. The number of pyridine rings is 1. The van der Waals surface area contributed by atoms with Crippen LogP contribution < -0.4 is 14.8 Å². The molecule has 2 aromatic heterocycles. The molecule has 4 rings (SSSR count). The van der Waals surface area contributed by atoms with Crippen LogP contribution in [0.4, 0.5) is 5.69 Å². The number of methoxy groups -OCH3 is 1. The van der Waals surface area contributed by atoms with Gasteiger partial charge in [-0.25, -0.2) is 4.98 Å². The minimum Gasteiger partial charge on any atom is -0.488 e. The molecule has 0 saturated heterocycles. The predicted molar refractivity (Wildman–Crippen MR) is 113 cm³/mol. The van der Waals surface area contributed by atoms with Crippen molar-refractivity contribution in [3.63, 3.8) is 0 Å². The molecule has 7 heteroatoms. The minimum atomic E-state index is -0.290. The number of nitrogens with one attached hydrogen (secondary N) is 1. The molecule has 4 aromatic rings. The first-order valence-electron chi connectivity index (χ1n) is 9.44.